The Labute approximate surface area is 113 Å². The third-order valence-electron chi connectivity index (χ3n) is 3.34. The van der Waals surface area contributed by atoms with Gasteiger partial charge in [-0.1, -0.05) is 12.1 Å². The first-order chi connectivity index (χ1) is 9.22. The van der Waals surface area contributed by atoms with Crippen LogP contribution in [0.15, 0.2) is 24.3 Å². The van der Waals surface area contributed by atoms with E-state index in [-0.39, 0.29) is 12.5 Å². The molecular weight excluding hydrogens is 242 g/mol. The number of anilines is 2. The summed E-state index contributed by atoms with van der Waals surface area (Å²) in [5, 5.41) is 0. The molecule has 0 saturated carbocycles. The number of ether oxygens (including phenoxy) is 1. The van der Waals surface area contributed by atoms with Crippen LogP contribution in [0.5, 0.6) is 0 Å². The molecule has 1 aromatic carbocycles. The molecule has 1 saturated heterocycles. The SMILES string of the molecule is CCOCC(=O)N1CCN(c2ccccc2N)CC1. The van der Waals surface area contributed by atoms with E-state index in [4.69, 9.17) is 10.5 Å². The van der Waals surface area contributed by atoms with Crippen molar-refractivity contribution >= 4 is 17.3 Å². The molecule has 1 amide bonds. The highest BCUT2D eigenvalue weighted by Crippen LogP contribution is 2.23. The van der Waals surface area contributed by atoms with Gasteiger partial charge in [0.1, 0.15) is 6.61 Å². The Balaban J connectivity index is 1.89. The molecule has 1 aliphatic rings. The summed E-state index contributed by atoms with van der Waals surface area (Å²) in [6.45, 7) is 5.72. The number of hydrogen-bond donors (Lipinski definition) is 1. The Morgan fingerprint density at radius 2 is 1.95 bits per heavy atom. The molecule has 1 heterocycles. The first kappa shape index (κ1) is 13.7. The predicted molar refractivity (Wildman–Crippen MR) is 76.1 cm³/mol. The van der Waals surface area contributed by atoms with Crippen molar-refractivity contribution in [3.63, 3.8) is 0 Å². The molecule has 0 aliphatic carbocycles. The van der Waals surface area contributed by atoms with E-state index in [9.17, 15) is 4.79 Å². The fraction of sp³-hybridized carbons (Fsp3) is 0.500. The van der Waals surface area contributed by atoms with E-state index in [0.717, 1.165) is 37.6 Å². The molecule has 0 unspecified atom stereocenters. The monoisotopic (exact) mass is 263 g/mol. The van der Waals surface area contributed by atoms with Gasteiger partial charge in [0.05, 0.1) is 11.4 Å². The van der Waals surface area contributed by atoms with Crippen LogP contribution in [0.2, 0.25) is 0 Å². The molecule has 0 bridgehead atoms. The van der Waals surface area contributed by atoms with Crippen LogP contribution >= 0.6 is 0 Å². The maximum Gasteiger partial charge on any atom is 0.248 e. The van der Waals surface area contributed by atoms with Gasteiger partial charge in [0, 0.05) is 32.8 Å². The maximum atomic E-state index is 11.8. The molecule has 1 fully saturated rings. The fourth-order valence-corrected chi connectivity index (χ4v) is 2.25. The van der Waals surface area contributed by atoms with Crippen molar-refractivity contribution in [2.24, 2.45) is 0 Å². The second-order valence-electron chi connectivity index (χ2n) is 4.56. The Hall–Kier alpha value is -1.75. The van der Waals surface area contributed by atoms with E-state index < -0.39 is 0 Å². The lowest BCUT2D eigenvalue weighted by atomic mass is 10.2. The number of rotatable bonds is 4. The van der Waals surface area contributed by atoms with Crippen LogP contribution in [0, 0.1) is 0 Å². The van der Waals surface area contributed by atoms with Crippen molar-refractivity contribution in [2.45, 2.75) is 6.92 Å². The average molecular weight is 263 g/mol. The van der Waals surface area contributed by atoms with Crippen LogP contribution in [-0.4, -0.2) is 50.2 Å². The van der Waals surface area contributed by atoms with E-state index in [1.54, 1.807) is 0 Å². The molecule has 104 valence electrons. The van der Waals surface area contributed by atoms with Crippen LogP contribution < -0.4 is 10.6 Å². The number of carbonyl (C=O) groups is 1. The fourth-order valence-electron chi connectivity index (χ4n) is 2.25. The zero-order chi connectivity index (χ0) is 13.7. The summed E-state index contributed by atoms with van der Waals surface area (Å²) in [5.74, 6) is 0.0718. The minimum atomic E-state index is 0.0718. The number of hydrogen-bond acceptors (Lipinski definition) is 4. The molecule has 19 heavy (non-hydrogen) atoms. The summed E-state index contributed by atoms with van der Waals surface area (Å²) in [6, 6.07) is 7.84. The van der Waals surface area contributed by atoms with Gasteiger partial charge in [0.25, 0.3) is 0 Å². The number of nitrogens with two attached hydrogens (primary N) is 1. The van der Waals surface area contributed by atoms with Crippen molar-refractivity contribution in [1.82, 2.24) is 4.90 Å². The van der Waals surface area contributed by atoms with Crippen LogP contribution in [0.1, 0.15) is 6.92 Å². The second kappa shape index (κ2) is 6.43. The highest BCUT2D eigenvalue weighted by Gasteiger charge is 2.21. The van der Waals surface area contributed by atoms with Crippen molar-refractivity contribution in [1.29, 1.82) is 0 Å². The van der Waals surface area contributed by atoms with Crippen molar-refractivity contribution < 1.29 is 9.53 Å². The summed E-state index contributed by atoms with van der Waals surface area (Å²) in [5.41, 5.74) is 7.81. The van der Waals surface area contributed by atoms with Crippen molar-refractivity contribution in [3.8, 4) is 0 Å². The predicted octanol–water partition coefficient (Wildman–Crippen LogP) is 0.954. The number of nitrogens with zero attached hydrogens (tertiary/aromatic N) is 2. The summed E-state index contributed by atoms with van der Waals surface area (Å²) < 4.78 is 5.15. The largest absolute Gasteiger partial charge is 0.397 e. The Bertz CT molecular complexity index is 428. The van der Waals surface area contributed by atoms with Crippen LogP contribution in [0.3, 0.4) is 0 Å². The van der Waals surface area contributed by atoms with Gasteiger partial charge < -0.3 is 20.3 Å². The molecule has 0 spiro atoms. The van der Waals surface area contributed by atoms with E-state index in [0.29, 0.717) is 6.61 Å². The van der Waals surface area contributed by atoms with E-state index in [2.05, 4.69) is 4.90 Å². The second-order valence-corrected chi connectivity index (χ2v) is 4.56. The number of piperazine rings is 1. The molecule has 0 radical (unpaired) electrons. The quantitative estimate of drug-likeness (QED) is 0.822. The van der Waals surface area contributed by atoms with Gasteiger partial charge >= 0.3 is 0 Å². The van der Waals surface area contributed by atoms with Gasteiger partial charge in [0.2, 0.25) is 5.91 Å². The minimum absolute atomic E-state index is 0.0718. The summed E-state index contributed by atoms with van der Waals surface area (Å²) in [7, 11) is 0. The zero-order valence-corrected chi connectivity index (χ0v) is 11.3. The van der Waals surface area contributed by atoms with Gasteiger partial charge in [-0.15, -0.1) is 0 Å². The first-order valence-electron chi connectivity index (χ1n) is 6.67. The van der Waals surface area contributed by atoms with Crippen molar-refractivity contribution in [2.75, 3.05) is 50.0 Å². The smallest absolute Gasteiger partial charge is 0.248 e. The minimum Gasteiger partial charge on any atom is -0.397 e. The maximum absolute atomic E-state index is 11.8. The number of carbonyl (C=O) groups excluding carboxylic acids is 1. The molecule has 0 atom stereocenters. The lowest BCUT2D eigenvalue weighted by Crippen LogP contribution is -2.49. The number of benzene rings is 1. The Morgan fingerprint density at radius 1 is 1.26 bits per heavy atom. The number of amides is 1. The lowest BCUT2D eigenvalue weighted by molar-refractivity contribution is -0.136. The molecule has 5 nitrogen and oxygen atoms in total. The average Bonchev–Trinajstić information content (AvgIpc) is 2.45. The molecular formula is C14H21N3O2. The summed E-state index contributed by atoms with van der Waals surface area (Å²) in [4.78, 5) is 15.9. The number of nitrogen functional groups attached to an aromatic ring is 1. The summed E-state index contributed by atoms with van der Waals surface area (Å²) in [6.07, 6.45) is 0. The highest BCUT2D eigenvalue weighted by atomic mass is 16.5. The topological polar surface area (TPSA) is 58.8 Å². The molecule has 1 aromatic rings. The van der Waals surface area contributed by atoms with Crippen LogP contribution in [-0.2, 0) is 9.53 Å². The normalized spacial score (nSPS) is 15.6. The third-order valence-corrected chi connectivity index (χ3v) is 3.34. The summed E-state index contributed by atoms with van der Waals surface area (Å²) >= 11 is 0. The Morgan fingerprint density at radius 3 is 2.58 bits per heavy atom. The third kappa shape index (κ3) is 3.38. The molecule has 0 aromatic heterocycles. The van der Waals surface area contributed by atoms with Gasteiger partial charge in [0.15, 0.2) is 0 Å². The standard InChI is InChI=1S/C14H21N3O2/c1-2-19-11-14(18)17-9-7-16(8-10-17)13-6-4-3-5-12(13)15/h3-6H,2,7-11,15H2,1H3. The molecule has 2 N–H and O–H groups in total. The van der Waals surface area contributed by atoms with Gasteiger partial charge in [-0.3, -0.25) is 4.79 Å². The molecule has 2 rings (SSSR count). The zero-order valence-electron chi connectivity index (χ0n) is 11.3. The molecule has 1 aliphatic heterocycles. The first-order valence-corrected chi connectivity index (χ1v) is 6.67. The van der Waals surface area contributed by atoms with E-state index in [1.807, 2.05) is 36.1 Å². The highest BCUT2D eigenvalue weighted by molar-refractivity contribution is 5.78. The molecule has 5 heteroatoms. The van der Waals surface area contributed by atoms with Gasteiger partial charge in [-0.25, -0.2) is 0 Å². The lowest BCUT2D eigenvalue weighted by Gasteiger charge is -2.36. The van der Waals surface area contributed by atoms with Gasteiger partial charge in [-0.05, 0) is 19.1 Å². The van der Waals surface area contributed by atoms with E-state index >= 15 is 0 Å². The van der Waals surface area contributed by atoms with Crippen LogP contribution in [0.4, 0.5) is 11.4 Å². The van der Waals surface area contributed by atoms with Crippen molar-refractivity contribution in [3.05, 3.63) is 24.3 Å². The van der Waals surface area contributed by atoms with Crippen LogP contribution in [0.25, 0.3) is 0 Å². The van der Waals surface area contributed by atoms with Gasteiger partial charge in [-0.2, -0.15) is 0 Å². The Kier molecular flexibility index (Phi) is 4.63. The number of para-hydroxylation sites is 2. The van der Waals surface area contributed by atoms with E-state index in [1.165, 1.54) is 0 Å².